The van der Waals surface area contributed by atoms with Crippen molar-refractivity contribution in [2.45, 2.75) is 27.2 Å². The highest BCUT2D eigenvalue weighted by molar-refractivity contribution is 4.59. The third-order valence-corrected chi connectivity index (χ3v) is 2.97. The summed E-state index contributed by atoms with van der Waals surface area (Å²) < 4.78 is 0. The summed E-state index contributed by atoms with van der Waals surface area (Å²) >= 11 is 0. The second-order valence-electron chi connectivity index (χ2n) is 3.92. The summed E-state index contributed by atoms with van der Waals surface area (Å²) in [5.41, 5.74) is 0. The summed E-state index contributed by atoms with van der Waals surface area (Å²) in [6.07, 6.45) is 1.29. The van der Waals surface area contributed by atoms with Crippen LogP contribution in [0.25, 0.3) is 0 Å². The van der Waals surface area contributed by atoms with Gasteiger partial charge in [0, 0.05) is 13.1 Å². The van der Waals surface area contributed by atoms with Crippen molar-refractivity contribution in [3.05, 3.63) is 0 Å². The molecule has 0 radical (unpaired) electrons. The lowest BCUT2D eigenvalue weighted by molar-refractivity contribution is 0.244. The molecule has 0 spiro atoms. The molecule has 3 nitrogen and oxygen atoms in total. The quantitative estimate of drug-likeness (QED) is 0.592. The van der Waals surface area contributed by atoms with E-state index in [4.69, 9.17) is 0 Å². The van der Waals surface area contributed by atoms with E-state index in [1.165, 1.54) is 45.7 Å². The molecule has 0 fully saturated rings. The van der Waals surface area contributed by atoms with Gasteiger partial charge in [-0.3, -0.25) is 0 Å². The largest absolute Gasteiger partial charge is 0.318 e. The van der Waals surface area contributed by atoms with Gasteiger partial charge >= 0.3 is 0 Å². The summed E-state index contributed by atoms with van der Waals surface area (Å²) in [5, 5.41) is 3.20. The molecule has 0 saturated carbocycles. The predicted molar refractivity (Wildman–Crippen MR) is 68.4 cm³/mol. The Morgan fingerprint density at radius 1 is 0.800 bits per heavy atom. The molecule has 0 atom stereocenters. The zero-order chi connectivity index (χ0) is 11.5. The minimum Gasteiger partial charge on any atom is -0.318 e. The van der Waals surface area contributed by atoms with Crippen molar-refractivity contribution >= 4 is 0 Å². The van der Waals surface area contributed by atoms with Gasteiger partial charge in [0.2, 0.25) is 0 Å². The zero-order valence-electron chi connectivity index (χ0n) is 11.1. The van der Waals surface area contributed by atoms with E-state index < -0.39 is 0 Å². The maximum absolute atomic E-state index is 3.20. The molecule has 92 valence electrons. The molecule has 3 heteroatoms. The Morgan fingerprint density at radius 3 is 1.80 bits per heavy atom. The molecule has 0 aliphatic carbocycles. The molecule has 0 unspecified atom stereocenters. The third-order valence-electron chi connectivity index (χ3n) is 2.97. The van der Waals surface area contributed by atoms with Crippen molar-refractivity contribution in [3.63, 3.8) is 0 Å². The van der Waals surface area contributed by atoms with Gasteiger partial charge in [-0.2, -0.15) is 0 Å². The zero-order valence-corrected chi connectivity index (χ0v) is 11.1. The minimum atomic E-state index is 1.10. The summed E-state index contributed by atoms with van der Waals surface area (Å²) in [7, 11) is 2.02. The van der Waals surface area contributed by atoms with E-state index >= 15 is 0 Å². The van der Waals surface area contributed by atoms with Gasteiger partial charge in [0.25, 0.3) is 0 Å². The average Bonchev–Trinajstić information content (AvgIpc) is 2.28. The monoisotopic (exact) mass is 215 g/mol. The lowest BCUT2D eigenvalue weighted by atomic mass is 10.3. The van der Waals surface area contributed by atoms with E-state index in [1.54, 1.807) is 0 Å². The molecular weight excluding hydrogens is 186 g/mol. The molecule has 0 saturated heterocycles. The second kappa shape index (κ2) is 10.4. The van der Waals surface area contributed by atoms with Gasteiger partial charge in [0.15, 0.2) is 0 Å². The van der Waals surface area contributed by atoms with Gasteiger partial charge in [-0.05, 0) is 46.2 Å². The van der Waals surface area contributed by atoms with Gasteiger partial charge in [-0.1, -0.05) is 20.8 Å². The molecule has 0 amide bonds. The Balaban J connectivity index is 3.52. The van der Waals surface area contributed by atoms with Crippen LogP contribution < -0.4 is 5.32 Å². The van der Waals surface area contributed by atoms with E-state index in [2.05, 4.69) is 35.9 Å². The van der Waals surface area contributed by atoms with Crippen molar-refractivity contribution in [2.75, 3.05) is 52.9 Å². The minimum absolute atomic E-state index is 1.10. The van der Waals surface area contributed by atoms with Crippen molar-refractivity contribution < 1.29 is 0 Å². The fraction of sp³-hybridized carbons (Fsp3) is 1.00. The van der Waals surface area contributed by atoms with Crippen LogP contribution in [0.5, 0.6) is 0 Å². The van der Waals surface area contributed by atoms with E-state index in [9.17, 15) is 0 Å². The van der Waals surface area contributed by atoms with Gasteiger partial charge in [0.1, 0.15) is 0 Å². The number of rotatable bonds is 10. The summed E-state index contributed by atoms with van der Waals surface area (Å²) in [6.45, 7) is 15.0. The fourth-order valence-corrected chi connectivity index (χ4v) is 1.76. The number of hydrogen-bond acceptors (Lipinski definition) is 3. The van der Waals surface area contributed by atoms with Crippen LogP contribution in [0.1, 0.15) is 27.2 Å². The number of nitrogens with zero attached hydrogens (tertiary/aromatic N) is 2. The number of hydrogen-bond donors (Lipinski definition) is 1. The SMILES string of the molecule is CCN(CC)CCCN(CC)CCNC. The Kier molecular flexibility index (Phi) is 10.3. The molecule has 0 aromatic rings. The summed E-state index contributed by atoms with van der Waals surface area (Å²) in [4.78, 5) is 5.01. The van der Waals surface area contributed by atoms with Crippen LogP contribution in [0.3, 0.4) is 0 Å². The van der Waals surface area contributed by atoms with Crippen molar-refractivity contribution in [1.29, 1.82) is 0 Å². The van der Waals surface area contributed by atoms with Gasteiger partial charge in [-0.25, -0.2) is 0 Å². The van der Waals surface area contributed by atoms with Gasteiger partial charge in [0.05, 0.1) is 0 Å². The Hall–Kier alpha value is -0.120. The molecule has 0 aliphatic heterocycles. The summed E-state index contributed by atoms with van der Waals surface area (Å²) in [5.74, 6) is 0. The number of likely N-dealkylation sites (N-methyl/N-ethyl adjacent to an activating group) is 2. The van der Waals surface area contributed by atoms with Gasteiger partial charge < -0.3 is 15.1 Å². The first kappa shape index (κ1) is 14.9. The van der Waals surface area contributed by atoms with Crippen LogP contribution in [0.2, 0.25) is 0 Å². The Morgan fingerprint density at radius 2 is 1.33 bits per heavy atom. The molecule has 0 aromatic carbocycles. The maximum atomic E-state index is 3.20. The molecule has 0 aliphatic rings. The summed E-state index contributed by atoms with van der Waals surface area (Å²) in [6, 6.07) is 0. The van der Waals surface area contributed by atoms with E-state index in [1.807, 2.05) is 7.05 Å². The lowest BCUT2D eigenvalue weighted by Gasteiger charge is -2.23. The highest BCUT2D eigenvalue weighted by atomic mass is 15.1. The van der Waals surface area contributed by atoms with Gasteiger partial charge in [-0.15, -0.1) is 0 Å². The van der Waals surface area contributed by atoms with Crippen molar-refractivity contribution in [2.24, 2.45) is 0 Å². The van der Waals surface area contributed by atoms with Crippen LogP contribution in [-0.2, 0) is 0 Å². The highest BCUT2D eigenvalue weighted by Gasteiger charge is 2.03. The molecule has 0 aromatic heterocycles. The molecule has 0 bridgehead atoms. The molecule has 1 N–H and O–H groups in total. The third kappa shape index (κ3) is 7.77. The van der Waals surface area contributed by atoms with Crippen molar-refractivity contribution in [3.8, 4) is 0 Å². The molecule has 0 rings (SSSR count). The topological polar surface area (TPSA) is 18.5 Å². The first-order valence-electron chi connectivity index (χ1n) is 6.37. The van der Waals surface area contributed by atoms with E-state index in [0.29, 0.717) is 0 Å². The fourth-order valence-electron chi connectivity index (χ4n) is 1.76. The average molecular weight is 215 g/mol. The highest BCUT2D eigenvalue weighted by Crippen LogP contribution is 1.94. The van der Waals surface area contributed by atoms with Crippen LogP contribution in [0.4, 0.5) is 0 Å². The van der Waals surface area contributed by atoms with E-state index in [0.717, 1.165) is 6.54 Å². The first-order valence-corrected chi connectivity index (χ1v) is 6.37. The van der Waals surface area contributed by atoms with Crippen LogP contribution >= 0.6 is 0 Å². The molecular formula is C12H29N3. The Bertz CT molecular complexity index is 124. The predicted octanol–water partition coefficient (Wildman–Crippen LogP) is 1.26. The number of nitrogens with one attached hydrogen (secondary N) is 1. The van der Waals surface area contributed by atoms with Crippen LogP contribution in [0.15, 0.2) is 0 Å². The van der Waals surface area contributed by atoms with Crippen LogP contribution in [0, 0.1) is 0 Å². The van der Waals surface area contributed by atoms with E-state index in [-0.39, 0.29) is 0 Å². The normalized spacial score (nSPS) is 11.6. The second-order valence-corrected chi connectivity index (χ2v) is 3.92. The lowest BCUT2D eigenvalue weighted by Crippen LogP contribution is -2.33. The molecule has 15 heavy (non-hydrogen) atoms. The standard InChI is InChI=1S/C12H29N3/c1-5-14(6-2)10-8-11-15(7-3)12-9-13-4/h13H,5-12H2,1-4H3. The first-order chi connectivity index (χ1) is 7.28. The Labute approximate surface area is 95.8 Å². The van der Waals surface area contributed by atoms with Crippen molar-refractivity contribution in [1.82, 2.24) is 15.1 Å². The van der Waals surface area contributed by atoms with Crippen LogP contribution in [-0.4, -0.2) is 62.7 Å². The maximum Gasteiger partial charge on any atom is 0.0107 e. The smallest absolute Gasteiger partial charge is 0.0107 e. The molecule has 0 heterocycles.